The average Bonchev–Trinajstić information content (AvgIpc) is 2.48. The number of pyridine rings is 1. The van der Waals surface area contributed by atoms with Gasteiger partial charge in [-0.3, -0.25) is 10.1 Å². The molecule has 134 valence electrons. The van der Waals surface area contributed by atoms with Crippen LogP contribution in [-0.4, -0.2) is 11.9 Å². The molecule has 0 atom stereocenters. The fraction of sp³-hybridized carbons (Fsp3) is 0.250. The number of rotatable bonds is 4. The van der Waals surface area contributed by atoms with Crippen molar-refractivity contribution in [3.05, 3.63) is 51.6 Å². The van der Waals surface area contributed by atoms with Crippen LogP contribution in [0.25, 0.3) is 0 Å². The summed E-state index contributed by atoms with van der Waals surface area (Å²) in [4.78, 5) is 15.0. The highest BCUT2D eigenvalue weighted by molar-refractivity contribution is 6.36. The number of hydrogen-bond donors (Lipinski definition) is 2. The lowest BCUT2D eigenvalue weighted by Gasteiger charge is -2.13. The fourth-order valence-electron chi connectivity index (χ4n) is 2.09. The number of H-pyrrole nitrogens is 1. The zero-order chi connectivity index (χ0) is 18.8. The van der Waals surface area contributed by atoms with Gasteiger partial charge in [0.1, 0.15) is 6.20 Å². The number of benzene rings is 1. The van der Waals surface area contributed by atoms with Crippen LogP contribution in [-0.2, 0) is 6.18 Å². The van der Waals surface area contributed by atoms with Crippen LogP contribution in [0.2, 0.25) is 10.0 Å². The number of hydrogen-bond acceptors (Lipinski definition) is 2. The minimum atomic E-state index is -4.70. The first-order chi connectivity index (χ1) is 11.6. The number of aromatic amines is 1. The van der Waals surface area contributed by atoms with E-state index in [1.165, 1.54) is 18.2 Å². The molecule has 0 spiro atoms. The van der Waals surface area contributed by atoms with Crippen molar-refractivity contribution in [3.8, 4) is 0 Å². The van der Waals surface area contributed by atoms with Gasteiger partial charge >= 0.3 is 6.18 Å². The Morgan fingerprint density at radius 3 is 2.44 bits per heavy atom. The van der Waals surface area contributed by atoms with Gasteiger partial charge in [-0.2, -0.15) is 13.2 Å². The van der Waals surface area contributed by atoms with Crippen LogP contribution >= 0.6 is 23.2 Å². The van der Waals surface area contributed by atoms with Gasteiger partial charge in [0, 0.05) is 11.1 Å². The monoisotopic (exact) mass is 392 g/mol. The van der Waals surface area contributed by atoms with Gasteiger partial charge in [-0.1, -0.05) is 23.2 Å². The van der Waals surface area contributed by atoms with Gasteiger partial charge in [0.15, 0.2) is 0 Å². The molecule has 25 heavy (non-hydrogen) atoms. The summed E-state index contributed by atoms with van der Waals surface area (Å²) < 4.78 is 40.0. The first-order valence-electron chi connectivity index (χ1n) is 7.24. The molecule has 0 radical (unpaired) electrons. The summed E-state index contributed by atoms with van der Waals surface area (Å²) in [6.07, 6.45) is -3.69. The molecule has 2 rings (SSSR count). The summed E-state index contributed by atoms with van der Waals surface area (Å²) >= 11 is 11.7. The van der Waals surface area contributed by atoms with Crippen molar-refractivity contribution < 1.29 is 22.9 Å². The molecule has 9 heteroatoms. The maximum absolute atomic E-state index is 13.3. The first kappa shape index (κ1) is 19.3. The lowest BCUT2D eigenvalue weighted by atomic mass is 10.1. The molecule has 1 aromatic heterocycles. The van der Waals surface area contributed by atoms with Gasteiger partial charge < -0.3 is 5.32 Å². The number of halogens is 5. The van der Waals surface area contributed by atoms with E-state index in [1.54, 1.807) is 13.8 Å². The topological polar surface area (TPSA) is 55.3 Å². The van der Waals surface area contributed by atoms with Gasteiger partial charge in [0.05, 0.1) is 27.9 Å². The second-order valence-electron chi connectivity index (χ2n) is 5.55. The van der Waals surface area contributed by atoms with Crippen molar-refractivity contribution in [1.82, 2.24) is 0 Å². The Kier molecular flexibility index (Phi) is 5.80. The highest BCUT2D eigenvalue weighted by Crippen LogP contribution is 2.33. The van der Waals surface area contributed by atoms with Crippen molar-refractivity contribution in [2.45, 2.75) is 26.1 Å². The minimum absolute atomic E-state index is 0.0788. The van der Waals surface area contributed by atoms with Crippen LogP contribution in [0.15, 0.2) is 30.5 Å². The van der Waals surface area contributed by atoms with E-state index in [4.69, 9.17) is 23.2 Å². The maximum Gasteiger partial charge on any atom is 0.417 e. The van der Waals surface area contributed by atoms with Gasteiger partial charge in [-0.15, -0.1) is 0 Å². The van der Waals surface area contributed by atoms with E-state index < -0.39 is 23.2 Å². The van der Waals surface area contributed by atoms with Crippen LogP contribution in [0.4, 0.5) is 24.7 Å². The summed E-state index contributed by atoms with van der Waals surface area (Å²) in [5.41, 5.74) is -1.45. The van der Waals surface area contributed by atoms with Crippen molar-refractivity contribution in [2.75, 3.05) is 10.6 Å². The number of carbonyl (C=O) groups excluding carboxylic acids is 1. The Balaban J connectivity index is 2.38. The van der Waals surface area contributed by atoms with Crippen LogP contribution in [0.5, 0.6) is 0 Å². The maximum atomic E-state index is 13.3. The molecule has 0 unspecified atom stereocenters. The standard InChI is InChI=1S/C16H14Cl2F3N3O/c1-8(2)23-14-6-11(16(19,20)21)10(7-22-14)15(25)24-13-4-3-9(17)5-12(13)18/h3-8H,1-2H3,(H,22,23)(H,24,25)/p+1. The molecule has 0 aliphatic heterocycles. The highest BCUT2D eigenvalue weighted by atomic mass is 35.5. The van der Waals surface area contributed by atoms with Crippen molar-refractivity contribution in [1.29, 1.82) is 0 Å². The number of anilines is 2. The molecule has 2 aromatic rings. The molecule has 1 heterocycles. The third-order valence-corrected chi connectivity index (χ3v) is 3.67. The average molecular weight is 393 g/mol. The van der Waals surface area contributed by atoms with E-state index >= 15 is 0 Å². The van der Waals surface area contributed by atoms with E-state index in [0.29, 0.717) is 5.02 Å². The second kappa shape index (κ2) is 7.49. The Morgan fingerprint density at radius 2 is 1.88 bits per heavy atom. The molecule has 0 aliphatic carbocycles. The van der Waals surface area contributed by atoms with E-state index in [-0.39, 0.29) is 22.6 Å². The summed E-state index contributed by atoms with van der Waals surface area (Å²) in [6, 6.07) is 5.04. The van der Waals surface area contributed by atoms with E-state index in [2.05, 4.69) is 15.6 Å². The number of aromatic nitrogens is 1. The molecule has 1 amide bonds. The molecule has 3 N–H and O–H groups in total. The van der Waals surface area contributed by atoms with Gasteiger partial charge in [-0.05, 0) is 32.0 Å². The van der Waals surface area contributed by atoms with E-state index in [9.17, 15) is 18.0 Å². The van der Waals surface area contributed by atoms with Crippen molar-refractivity contribution >= 4 is 40.6 Å². The predicted molar refractivity (Wildman–Crippen MR) is 91.2 cm³/mol. The van der Waals surface area contributed by atoms with Gasteiger partial charge in [0.25, 0.3) is 11.7 Å². The number of nitrogens with one attached hydrogen (secondary N) is 3. The molecule has 0 fully saturated rings. The molecule has 0 saturated heterocycles. The van der Waals surface area contributed by atoms with Crippen molar-refractivity contribution in [2.24, 2.45) is 0 Å². The summed E-state index contributed by atoms with van der Waals surface area (Å²) in [5, 5.41) is 5.65. The third-order valence-electron chi connectivity index (χ3n) is 3.12. The quantitative estimate of drug-likeness (QED) is 0.777. The fourth-order valence-corrected chi connectivity index (χ4v) is 2.54. The van der Waals surface area contributed by atoms with Crippen LogP contribution in [0, 0.1) is 0 Å². The molecular formula is C16H15Cl2F3N3O+. The van der Waals surface area contributed by atoms with E-state index in [1.807, 2.05) is 0 Å². The minimum Gasteiger partial charge on any atom is -0.320 e. The third kappa shape index (κ3) is 4.99. The lowest BCUT2D eigenvalue weighted by molar-refractivity contribution is -0.362. The normalized spacial score (nSPS) is 11.5. The molecule has 0 saturated carbocycles. The Bertz CT molecular complexity index is 795. The number of alkyl halides is 3. The van der Waals surface area contributed by atoms with Gasteiger partial charge in [-0.25, -0.2) is 4.98 Å². The number of carbonyl (C=O) groups is 1. The zero-order valence-electron chi connectivity index (χ0n) is 13.3. The SMILES string of the molecule is CC(C)Nc1cc(C(F)(F)F)c(C(=O)Nc2ccc(Cl)cc2Cl)c[nH+]1. The summed E-state index contributed by atoms with van der Waals surface area (Å²) in [7, 11) is 0. The van der Waals surface area contributed by atoms with Crippen molar-refractivity contribution in [3.63, 3.8) is 0 Å². The zero-order valence-corrected chi connectivity index (χ0v) is 14.8. The predicted octanol–water partition coefficient (Wildman–Crippen LogP) is 4.90. The molecular weight excluding hydrogens is 378 g/mol. The van der Waals surface area contributed by atoms with Gasteiger partial charge in [0.2, 0.25) is 0 Å². The summed E-state index contributed by atoms with van der Waals surface area (Å²) in [5.74, 6) is -0.785. The first-order valence-corrected chi connectivity index (χ1v) is 7.99. The lowest BCUT2D eigenvalue weighted by Crippen LogP contribution is -2.25. The van der Waals surface area contributed by atoms with Crippen LogP contribution in [0.3, 0.4) is 0 Å². The molecule has 0 bridgehead atoms. The number of amides is 1. The highest BCUT2D eigenvalue weighted by Gasteiger charge is 2.37. The molecule has 0 aliphatic rings. The largest absolute Gasteiger partial charge is 0.417 e. The van der Waals surface area contributed by atoms with Crippen LogP contribution < -0.4 is 15.6 Å². The Morgan fingerprint density at radius 1 is 1.20 bits per heavy atom. The smallest absolute Gasteiger partial charge is 0.320 e. The van der Waals surface area contributed by atoms with E-state index in [0.717, 1.165) is 12.3 Å². The second-order valence-corrected chi connectivity index (χ2v) is 6.39. The Labute approximate surface area is 152 Å². The molecule has 4 nitrogen and oxygen atoms in total. The summed E-state index contributed by atoms with van der Waals surface area (Å²) in [6.45, 7) is 3.56. The Hall–Kier alpha value is -1.99. The molecule has 1 aromatic carbocycles. The van der Waals surface area contributed by atoms with Crippen LogP contribution in [0.1, 0.15) is 29.8 Å².